The van der Waals surface area contributed by atoms with Crippen LogP contribution in [0.15, 0.2) is 113 Å². The fourth-order valence-corrected chi connectivity index (χ4v) is 5.19. The Morgan fingerprint density at radius 1 is 0.719 bits per heavy atom. The maximum atomic E-state index is 14.6. The molecule has 2 nitrogen and oxygen atoms in total. The van der Waals surface area contributed by atoms with Gasteiger partial charge in [0.05, 0.1) is 0 Å². The van der Waals surface area contributed by atoms with Gasteiger partial charge < -0.3 is 0 Å². The van der Waals surface area contributed by atoms with Gasteiger partial charge in [-0.25, -0.2) is 0 Å². The molecule has 0 saturated carbocycles. The average molecular weight is 437 g/mol. The highest BCUT2D eigenvalue weighted by Gasteiger charge is 2.55. The van der Waals surface area contributed by atoms with E-state index in [1.165, 1.54) is 0 Å². The van der Waals surface area contributed by atoms with Crippen molar-refractivity contribution in [2.75, 3.05) is 0 Å². The molecule has 0 radical (unpaired) electrons. The van der Waals surface area contributed by atoms with Crippen LogP contribution in [0.4, 0.5) is 0 Å². The van der Waals surface area contributed by atoms with Crippen LogP contribution in [0.5, 0.6) is 0 Å². The molecule has 1 unspecified atom stereocenters. The van der Waals surface area contributed by atoms with E-state index in [1.54, 1.807) is 12.1 Å². The molecule has 0 amide bonds. The Kier molecular flexibility index (Phi) is 4.83. The summed E-state index contributed by atoms with van der Waals surface area (Å²) < 4.78 is 0. The number of carbonyl (C=O) groups is 2. The number of rotatable bonds is 3. The lowest BCUT2D eigenvalue weighted by Gasteiger charge is -2.34. The van der Waals surface area contributed by atoms with E-state index in [0.29, 0.717) is 21.7 Å². The third-order valence-corrected chi connectivity index (χ3v) is 6.71. The number of fused-ring (bicyclic) bond motifs is 1. The molecular weight excluding hydrogens is 416 g/mol. The predicted molar refractivity (Wildman–Crippen MR) is 129 cm³/mol. The second-order valence-electron chi connectivity index (χ2n) is 8.26. The SMILES string of the molecule is CC1=CC2=C(c3ccccc3)C(=O)C(c3ccccc3)(c3ccc(Cl)cc3)C2=C(C)C1=O. The Balaban J connectivity index is 1.93. The van der Waals surface area contributed by atoms with E-state index in [9.17, 15) is 9.59 Å². The molecule has 0 aromatic heterocycles. The number of hydrogen-bond donors (Lipinski definition) is 0. The van der Waals surface area contributed by atoms with E-state index in [0.717, 1.165) is 27.8 Å². The highest BCUT2D eigenvalue weighted by Crippen LogP contribution is 2.56. The number of carbonyl (C=O) groups excluding carboxylic acids is 2. The average Bonchev–Trinajstić information content (AvgIpc) is 3.08. The van der Waals surface area contributed by atoms with E-state index in [4.69, 9.17) is 11.6 Å². The molecule has 156 valence electrons. The molecule has 0 N–H and O–H groups in total. The van der Waals surface area contributed by atoms with Crippen molar-refractivity contribution in [2.45, 2.75) is 19.3 Å². The first-order valence-electron chi connectivity index (χ1n) is 10.6. The van der Waals surface area contributed by atoms with Crippen molar-refractivity contribution >= 4 is 28.7 Å². The van der Waals surface area contributed by atoms with Gasteiger partial charge in [-0.05, 0) is 65.5 Å². The molecule has 3 heteroatoms. The van der Waals surface area contributed by atoms with Crippen LogP contribution in [0.1, 0.15) is 30.5 Å². The molecule has 0 spiro atoms. The van der Waals surface area contributed by atoms with Gasteiger partial charge in [-0.15, -0.1) is 0 Å². The normalized spacial score (nSPS) is 20.5. The topological polar surface area (TPSA) is 34.1 Å². The van der Waals surface area contributed by atoms with Gasteiger partial charge in [0.25, 0.3) is 0 Å². The van der Waals surface area contributed by atoms with E-state index < -0.39 is 5.41 Å². The van der Waals surface area contributed by atoms with Crippen LogP contribution in [0.2, 0.25) is 5.02 Å². The number of hydrogen-bond acceptors (Lipinski definition) is 2. The Morgan fingerprint density at radius 3 is 1.91 bits per heavy atom. The van der Waals surface area contributed by atoms with E-state index in [-0.39, 0.29) is 11.6 Å². The van der Waals surface area contributed by atoms with Crippen LogP contribution in [-0.4, -0.2) is 11.6 Å². The minimum Gasteiger partial charge on any atom is -0.292 e. The zero-order chi connectivity index (χ0) is 22.5. The van der Waals surface area contributed by atoms with Crippen molar-refractivity contribution in [2.24, 2.45) is 0 Å². The lowest BCUT2D eigenvalue weighted by atomic mass is 9.65. The van der Waals surface area contributed by atoms with Gasteiger partial charge in [0.15, 0.2) is 11.6 Å². The predicted octanol–water partition coefficient (Wildman–Crippen LogP) is 6.51. The summed E-state index contributed by atoms with van der Waals surface area (Å²) in [5.74, 6) is -0.0551. The second-order valence-corrected chi connectivity index (χ2v) is 8.70. The molecule has 0 heterocycles. The first-order valence-corrected chi connectivity index (χ1v) is 10.9. The summed E-state index contributed by atoms with van der Waals surface area (Å²) in [5.41, 5.74) is 4.86. The van der Waals surface area contributed by atoms with Gasteiger partial charge in [-0.2, -0.15) is 0 Å². The summed E-state index contributed by atoms with van der Waals surface area (Å²) in [6.45, 7) is 3.65. The number of halogens is 1. The van der Waals surface area contributed by atoms with E-state index in [2.05, 4.69) is 0 Å². The highest BCUT2D eigenvalue weighted by molar-refractivity contribution is 6.35. The summed E-state index contributed by atoms with van der Waals surface area (Å²) in [4.78, 5) is 27.7. The second kappa shape index (κ2) is 7.58. The van der Waals surface area contributed by atoms with Crippen LogP contribution in [-0.2, 0) is 15.0 Å². The molecule has 5 rings (SSSR count). The summed E-state index contributed by atoms with van der Waals surface area (Å²) in [5, 5.41) is 0.597. The van der Waals surface area contributed by atoms with E-state index >= 15 is 0 Å². The van der Waals surface area contributed by atoms with Crippen molar-refractivity contribution in [1.82, 2.24) is 0 Å². The smallest absolute Gasteiger partial charge is 0.184 e. The van der Waals surface area contributed by atoms with Crippen LogP contribution in [0, 0.1) is 0 Å². The molecule has 2 aliphatic carbocycles. The fourth-order valence-electron chi connectivity index (χ4n) is 5.07. The summed E-state index contributed by atoms with van der Waals surface area (Å²) in [6.07, 6.45) is 1.88. The third-order valence-electron chi connectivity index (χ3n) is 6.46. The molecule has 2 aliphatic rings. The molecule has 32 heavy (non-hydrogen) atoms. The molecule has 0 fully saturated rings. The van der Waals surface area contributed by atoms with Gasteiger partial charge in [-0.1, -0.05) is 84.4 Å². The lowest BCUT2D eigenvalue weighted by Crippen LogP contribution is -2.37. The zero-order valence-corrected chi connectivity index (χ0v) is 18.6. The Bertz CT molecular complexity index is 1340. The molecule has 0 saturated heterocycles. The molecule has 0 aliphatic heterocycles. The van der Waals surface area contributed by atoms with Gasteiger partial charge in [0, 0.05) is 16.2 Å². The van der Waals surface area contributed by atoms with Crippen LogP contribution < -0.4 is 0 Å². The number of allylic oxidation sites excluding steroid dienone is 6. The van der Waals surface area contributed by atoms with Crippen molar-refractivity contribution in [1.29, 1.82) is 0 Å². The zero-order valence-electron chi connectivity index (χ0n) is 17.9. The quantitative estimate of drug-likeness (QED) is 0.469. The molecule has 3 aromatic carbocycles. The van der Waals surface area contributed by atoms with E-state index in [1.807, 2.05) is 92.7 Å². The van der Waals surface area contributed by atoms with Crippen molar-refractivity contribution in [3.63, 3.8) is 0 Å². The molecular formula is C29H21ClO2. The lowest BCUT2D eigenvalue weighted by molar-refractivity contribution is -0.116. The minimum atomic E-state index is -1.12. The van der Waals surface area contributed by atoms with Gasteiger partial charge in [-0.3, -0.25) is 9.59 Å². The first kappa shape index (κ1) is 20.4. The van der Waals surface area contributed by atoms with Crippen LogP contribution in [0.25, 0.3) is 5.57 Å². The van der Waals surface area contributed by atoms with Crippen LogP contribution in [0.3, 0.4) is 0 Å². The first-order chi connectivity index (χ1) is 15.5. The summed E-state index contributed by atoms with van der Waals surface area (Å²) in [7, 11) is 0. The van der Waals surface area contributed by atoms with Crippen molar-refractivity contribution < 1.29 is 9.59 Å². The monoisotopic (exact) mass is 436 g/mol. The van der Waals surface area contributed by atoms with Crippen molar-refractivity contribution in [3.8, 4) is 0 Å². The highest BCUT2D eigenvalue weighted by atomic mass is 35.5. The Hall–Kier alpha value is -3.49. The molecule has 0 bridgehead atoms. The number of ketones is 2. The maximum Gasteiger partial charge on any atom is 0.184 e. The standard InChI is InChI=1S/C29H21ClO2/c1-18-17-24-25(20-9-5-3-6-10-20)28(32)29(21-11-7-4-8-12-21,26(24)19(2)27(18)31)22-13-15-23(30)16-14-22/h3-17H,1-2H3. The number of benzene rings is 3. The minimum absolute atomic E-state index is 0.0275. The fraction of sp³-hybridized carbons (Fsp3) is 0.103. The van der Waals surface area contributed by atoms with Gasteiger partial charge in [0.2, 0.25) is 0 Å². The Labute approximate surface area is 192 Å². The van der Waals surface area contributed by atoms with Gasteiger partial charge in [0.1, 0.15) is 5.41 Å². The molecule has 3 aromatic rings. The molecule has 1 atom stereocenters. The third kappa shape index (κ3) is 2.80. The summed E-state index contributed by atoms with van der Waals surface area (Å²) >= 11 is 6.21. The largest absolute Gasteiger partial charge is 0.292 e. The maximum absolute atomic E-state index is 14.6. The summed E-state index contributed by atoms with van der Waals surface area (Å²) in [6, 6.07) is 26.8. The van der Waals surface area contributed by atoms with Crippen molar-refractivity contribution in [3.05, 3.63) is 135 Å². The Morgan fingerprint density at radius 2 is 1.28 bits per heavy atom. The van der Waals surface area contributed by atoms with Gasteiger partial charge >= 0.3 is 0 Å². The van der Waals surface area contributed by atoms with Crippen LogP contribution >= 0.6 is 11.6 Å². The number of Topliss-reactive ketones (excluding diaryl/α,β-unsaturated/α-hetero) is 2.